The molecule has 3 rings (SSSR count). The molecule has 0 bridgehead atoms. The molecule has 0 aliphatic carbocycles. The average Bonchev–Trinajstić information content (AvgIpc) is 2.75. The molecule has 0 saturated carbocycles. The molecule has 0 spiro atoms. The fourth-order valence-corrected chi connectivity index (χ4v) is 3.86. The molecule has 0 unspecified atom stereocenters. The van der Waals surface area contributed by atoms with Crippen LogP contribution in [0.25, 0.3) is 11.6 Å². The van der Waals surface area contributed by atoms with Gasteiger partial charge in [-0.1, -0.05) is 47.5 Å². The van der Waals surface area contributed by atoms with Gasteiger partial charge in [0.05, 0.1) is 18.2 Å². The summed E-state index contributed by atoms with van der Waals surface area (Å²) in [5.74, 6) is 0.338. The first kappa shape index (κ1) is 22.4. The van der Waals surface area contributed by atoms with E-state index in [9.17, 15) is 13.7 Å². The van der Waals surface area contributed by atoms with E-state index in [1.54, 1.807) is 61.5 Å². The molecule has 3 aromatic rings. The molecule has 0 aromatic heterocycles. The van der Waals surface area contributed by atoms with Crippen LogP contribution in [0.5, 0.6) is 11.5 Å². The van der Waals surface area contributed by atoms with Crippen molar-refractivity contribution >= 4 is 33.4 Å². The zero-order chi connectivity index (χ0) is 22.4. The molecule has 0 aliphatic heterocycles. The topological polar surface area (TPSA) is 76.4 Å². The average molecular weight is 454 g/mol. The standard InChI is InChI=1S/C24H20ClNO4S/c1-3-29-24-15-18(14-20(16-26)19-7-9-21(25)10-8-19)6-13-23(24)30-31(27,28)22-11-4-17(2)5-12-22/h4-15H,3H2,1-2H3/b20-14+. The zero-order valence-electron chi connectivity index (χ0n) is 17.0. The highest BCUT2D eigenvalue weighted by atomic mass is 35.5. The summed E-state index contributed by atoms with van der Waals surface area (Å²) in [7, 11) is -4.02. The van der Waals surface area contributed by atoms with E-state index >= 15 is 0 Å². The Labute approximate surface area is 187 Å². The lowest BCUT2D eigenvalue weighted by Gasteiger charge is -2.13. The number of ether oxygens (including phenoxy) is 1. The van der Waals surface area contributed by atoms with Crippen LogP contribution in [-0.2, 0) is 10.1 Å². The first-order valence-electron chi connectivity index (χ1n) is 9.48. The SMILES string of the molecule is CCOc1cc(/C=C(\C#N)c2ccc(Cl)cc2)ccc1OS(=O)(=O)c1ccc(C)cc1. The van der Waals surface area contributed by atoms with Crippen LogP contribution >= 0.6 is 11.6 Å². The first-order chi connectivity index (χ1) is 14.8. The number of halogens is 1. The van der Waals surface area contributed by atoms with Crippen molar-refractivity contribution < 1.29 is 17.3 Å². The summed E-state index contributed by atoms with van der Waals surface area (Å²) in [4.78, 5) is 0.0547. The van der Waals surface area contributed by atoms with Crippen molar-refractivity contribution in [2.45, 2.75) is 18.7 Å². The van der Waals surface area contributed by atoms with E-state index < -0.39 is 10.1 Å². The van der Waals surface area contributed by atoms with Gasteiger partial charge in [0.25, 0.3) is 0 Å². The van der Waals surface area contributed by atoms with Crippen molar-refractivity contribution in [2.24, 2.45) is 0 Å². The second kappa shape index (κ2) is 9.69. The molecular weight excluding hydrogens is 434 g/mol. The maximum absolute atomic E-state index is 12.6. The van der Waals surface area contributed by atoms with E-state index in [2.05, 4.69) is 6.07 Å². The van der Waals surface area contributed by atoms with Crippen LogP contribution < -0.4 is 8.92 Å². The molecule has 0 heterocycles. The molecule has 7 heteroatoms. The predicted octanol–water partition coefficient (Wildman–Crippen LogP) is 5.88. The molecule has 0 aliphatic rings. The zero-order valence-corrected chi connectivity index (χ0v) is 18.6. The molecule has 31 heavy (non-hydrogen) atoms. The molecular formula is C24H20ClNO4S. The highest BCUT2D eigenvalue weighted by Crippen LogP contribution is 2.32. The molecule has 5 nitrogen and oxygen atoms in total. The number of rotatable bonds is 7. The van der Waals surface area contributed by atoms with Gasteiger partial charge >= 0.3 is 10.1 Å². The maximum Gasteiger partial charge on any atom is 0.339 e. The Balaban J connectivity index is 1.94. The molecule has 0 radical (unpaired) electrons. The van der Waals surface area contributed by atoms with Gasteiger partial charge in [-0.2, -0.15) is 13.7 Å². The lowest BCUT2D eigenvalue weighted by Crippen LogP contribution is -2.10. The Kier molecular flexibility index (Phi) is 7.01. The molecule has 0 fully saturated rings. The van der Waals surface area contributed by atoms with E-state index in [0.29, 0.717) is 28.3 Å². The summed E-state index contributed by atoms with van der Waals surface area (Å²) in [6.07, 6.45) is 1.68. The minimum absolute atomic E-state index is 0.0547. The number of hydrogen-bond acceptors (Lipinski definition) is 5. The number of nitriles is 1. The lowest BCUT2D eigenvalue weighted by molar-refractivity contribution is 0.327. The van der Waals surface area contributed by atoms with Crippen molar-refractivity contribution in [1.29, 1.82) is 5.26 Å². The van der Waals surface area contributed by atoms with Gasteiger partial charge in [0, 0.05) is 5.02 Å². The number of aryl methyl sites for hydroxylation is 1. The lowest BCUT2D eigenvalue weighted by atomic mass is 10.0. The van der Waals surface area contributed by atoms with Gasteiger partial charge in [-0.3, -0.25) is 0 Å². The summed E-state index contributed by atoms with van der Waals surface area (Å²) in [5, 5.41) is 10.1. The first-order valence-corrected chi connectivity index (χ1v) is 11.3. The van der Waals surface area contributed by atoms with E-state index in [4.69, 9.17) is 20.5 Å². The third-order valence-electron chi connectivity index (χ3n) is 4.36. The van der Waals surface area contributed by atoms with Crippen molar-refractivity contribution in [3.63, 3.8) is 0 Å². The van der Waals surface area contributed by atoms with Crippen molar-refractivity contribution in [3.8, 4) is 17.6 Å². The molecule has 0 saturated heterocycles. The quantitative estimate of drug-likeness (QED) is 0.253. The highest BCUT2D eigenvalue weighted by Gasteiger charge is 2.19. The molecule has 3 aromatic carbocycles. The van der Waals surface area contributed by atoms with Gasteiger partial charge in [0.2, 0.25) is 0 Å². The van der Waals surface area contributed by atoms with Gasteiger partial charge in [0.1, 0.15) is 4.90 Å². The summed E-state index contributed by atoms with van der Waals surface area (Å²) < 4.78 is 36.2. The summed E-state index contributed by atoms with van der Waals surface area (Å²) in [6.45, 7) is 3.97. The third kappa shape index (κ3) is 5.66. The van der Waals surface area contributed by atoms with Crippen LogP contribution in [0, 0.1) is 18.3 Å². The monoisotopic (exact) mass is 453 g/mol. The van der Waals surface area contributed by atoms with E-state index in [-0.39, 0.29) is 16.4 Å². The van der Waals surface area contributed by atoms with E-state index in [1.165, 1.54) is 18.2 Å². The third-order valence-corrected chi connectivity index (χ3v) is 5.86. The molecule has 0 N–H and O–H groups in total. The number of hydrogen-bond donors (Lipinski definition) is 0. The minimum Gasteiger partial charge on any atom is -0.490 e. The maximum atomic E-state index is 12.6. The Morgan fingerprint density at radius 1 is 1.03 bits per heavy atom. The van der Waals surface area contributed by atoms with Crippen LogP contribution in [-0.4, -0.2) is 15.0 Å². The summed E-state index contributed by atoms with van der Waals surface area (Å²) in [6, 6.07) is 20.3. The Morgan fingerprint density at radius 3 is 2.32 bits per heavy atom. The van der Waals surface area contributed by atoms with Gasteiger partial charge in [-0.25, -0.2) is 0 Å². The normalized spacial score (nSPS) is 11.6. The van der Waals surface area contributed by atoms with Gasteiger partial charge in [-0.15, -0.1) is 0 Å². The van der Waals surface area contributed by atoms with Crippen LogP contribution in [0.2, 0.25) is 5.02 Å². The Bertz CT molecular complexity index is 1240. The number of nitrogens with zero attached hydrogens (tertiary/aromatic N) is 1. The Morgan fingerprint density at radius 2 is 1.71 bits per heavy atom. The highest BCUT2D eigenvalue weighted by molar-refractivity contribution is 7.87. The largest absolute Gasteiger partial charge is 0.490 e. The van der Waals surface area contributed by atoms with Crippen molar-refractivity contribution in [3.05, 3.63) is 88.4 Å². The smallest absolute Gasteiger partial charge is 0.339 e. The van der Waals surface area contributed by atoms with Crippen molar-refractivity contribution in [2.75, 3.05) is 6.61 Å². The van der Waals surface area contributed by atoms with Crippen LogP contribution in [0.4, 0.5) is 0 Å². The van der Waals surface area contributed by atoms with Gasteiger partial charge in [-0.05, 0) is 67.4 Å². The molecule has 0 amide bonds. The van der Waals surface area contributed by atoms with Crippen LogP contribution in [0.1, 0.15) is 23.6 Å². The van der Waals surface area contributed by atoms with Crippen molar-refractivity contribution in [1.82, 2.24) is 0 Å². The number of benzene rings is 3. The van der Waals surface area contributed by atoms with E-state index in [1.807, 2.05) is 6.92 Å². The molecule has 158 valence electrons. The van der Waals surface area contributed by atoms with Gasteiger partial charge < -0.3 is 8.92 Å². The van der Waals surface area contributed by atoms with E-state index in [0.717, 1.165) is 5.56 Å². The van der Waals surface area contributed by atoms with Crippen LogP contribution in [0.15, 0.2) is 71.6 Å². The minimum atomic E-state index is -4.02. The second-order valence-electron chi connectivity index (χ2n) is 6.67. The predicted molar refractivity (Wildman–Crippen MR) is 122 cm³/mol. The van der Waals surface area contributed by atoms with Gasteiger partial charge in [0.15, 0.2) is 11.5 Å². The Hall–Kier alpha value is -3.27. The van der Waals surface area contributed by atoms with Crippen LogP contribution in [0.3, 0.4) is 0 Å². The summed E-state index contributed by atoms with van der Waals surface area (Å²) >= 11 is 5.92. The molecule has 0 atom stereocenters. The number of allylic oxidation sites excluding steroid dienone is 1. The fourth-order valence-electron chi connectivity index (χ4n) is 2.80. The summed E-state index contributed by atoms with van der Waals surface area (Å²) in [5.41, 5.74) is 2.75. The fraction of sp³-hybridized carbons (Fsp3) is 0.125. The second-order valence-corrected chi connectivity index (χ2v) is 8.65.